The minimum Gasteiger partial charge on any atom is -0.310 e. The number of halogens is 1. The molecule has 0 aliphatic carbocycles. The van der Waals surface area contributed by atoms with Gasteiger partial charge in [-0.3, -0.25) is 9.88 Å². The predicted octanol–water partition coefficient (Wildman–Crippen LogP) is 2.42. The largest absolute Gasteiger partial charge is 0.310 e. The molecule has 0 bridgehead atoms. The quantitative estimate of drug-likeness (QED) is 0.909. The molecule has 0 amide bonds. The molecule has 1 aliphatic heterocycles. The number of aromatic nitrogens is 1. The van der Waals surface area contributed by atoms with Crippen LogP contribution in [0.3, 0.4) is 0 Å². The van der Waals surface area contributed by atoms with E-state index in [1.54, 1.807) is 0 Å². The molecule has 1 aliphatic rings. The normalized spacial score (nSPS) is 21.1. The summed E-state index contributed by atoms with van der Waals surface area (Å²) < 4.78 is 1.06. The summed E-state index contributed by atoms with van der Waals surface area (Å²) >= 11 is 3.47. The summed E-state index contributed by atoms with van der Waals surface area (Å²) in [4.78, 5) is 6.72. The molecule has 4 heteroatoms. The van der Waals surface area contributed by atoms with Crippen molar-refractivity contribution in [1.29, 1.82) is 0 Å². The summed E-state index contributed by atoms with van der Waals surface area (Å²) in [5.74, 6) is 0. The molecule has 0 radical (unpaired) electrons. The monoisotopic (exact) mass is 297 g/mol. The van der Waals surface area contributed by atoms with Gasteiger partial charge in [-0.1, -0.05) is 0 Å². The molecule has 1 N–H and O–H groups in total. The molecule has 2 heterocycles. The highest BCUT2D eigenvalue weighted by atomic mass is 79.9. The maximum Gasteiger partial charge on any atom is 0.0410 e. The van der Waals surface area contributed by atoms with Crippen LogP contribution < -0.4 is 5.32 Å². The minimum atomic E-state index is 0.204. The van der Waals surface area contributed by atoms with Gasteiger partial charge in [0.25, 0.3) is 0 Å². The standard InChI is InChI=1S/C13H20BrN3/c1-13(2)10-17(5-3-4-16-13)9-11-6-12(14)8-15-7-11/h6-8,16H,3-5,9-10H2,1-2H3. The summed E-state index contributed by atoms with van der Waals surface area (Å²) in [5, 5.41) is 3.58. The Balaban J connectivity index is 2.02. The fourth-order valence-corrected chi connectivity index (χ4v) is 2.77. The van der Waals surface area contributed by atoms with Crippen molar-refractivity contribution in [2.24, 2.45) is 0 Å². The Labute approximate surface area is 112 Å². The smallest absolute Gasteiger partial charge is 0.0410 e. The van der Waals surface area contributed by atoms with E-state index in [2.05, 4.69) is 51.0 Å². The Bertz CT molecular complexity index is 379. The number of pyridine rings is 1. The van der Waals surface area contributed by atoms with E-state index in [4.69, 9.17) is 0 Å². The van der Waals surface area contributed by atoms with E-state index in [9.17, 15) is 0 Å². The van der Waals surface area contributed by atoms with Crippen molar-refractivity contribution >= 4 is 15.9 Å². The van der Waals surface area contributed by atoms with E-state index in [0.717, 1.165) is 30.7 Å². The lowest BCUT2D eigenvalue weighted by Crippen LogP contribution is -2.46. The van der Waals surface area contributed by atoms with Gasteiger partial charge in [0.1, 0.15) is 0 Å². The van der Waals surface area contributed by atoms with Crippen molar-refractivity contribution in [1.82, 2.24) is 15.2 Å². The van der Waals surface area contributed by atoms with Crippen molar-refractivity contribution < 1.29 is 0 Å². The van der Waals surface area contributed by atoms with Crippen LogP contribution >= 0.6 is 15.9 Å². The summed E-state index contributed by atoms with van der Waals surface area (Å²) in [6, 6.07) is 2.15. The van der Waals surface area contributed by atoms with E-state index < -0.39 is 0 Å². The van der Waals surface area contributed by atoms with Crippen molar-refractivity contribution in [3.8, 4) is 0 Å². The maximum atomic E-state index is 4.22. The van der Waals surface area contributed by atoms with Crippen LogP contribution in [-0.4, -0.2) is 35.1 Å². The van der Waals surface area contributed by atoms with Crippen LogP contribution in [0.15, 0.2) is 22.9 Å². The SMILES string of the molecule is CC1(C)CN(Cc2cncc(Br)c2)CCCN1. The van der Waals surface area contributed by atoms with E-state index in [0.29, 0.717) is 0 Å². The van der Waals surface area contributed by atoms with Crippen LogP contribution in [0.1, 0.15) is 25.8 Å². The molecule has 1 aromatic heterocycles. The Hall–Kier alpha value is -0.450. The molecule has 17 heavy (non-hydrogen) atoms. The molecule has 1 fully saturated rings. The maximum absolute atomic E-state index is 4.22. The van der Waals surface area contributed by atoms with Crippen LogP contribution in [0.25, 0.3) is 0 Å². The lowest BCUT2D eigenvalue weighted by atomic mass is 10.1. The van der Waals surface area contributed by atoms with E-state index >= 15 is 0 Å². The zero-order valence-corrected chi connectivity index (χ0v) is 12.1. The average Bonchev–Trinajstić information content (AvgIpc) is 2.39. The van der Waals surface area contributed by atoms with Gasteiger partial charge >= 0.3 is 0 Å². The molecule has 94 valence electrons. The van der Waals surface area contributed by atoms with Crippen LogP contribution in [-0.2, 0) is 6.54 Å². The van der Waals surface area contributed by atoms with Gasteiger partial charge < -0.3 is 5.32 Å². The lowest BCUT2D eigenvalue weighted by molar-refractivity contribution is 0.223. The second-order valence-electron chi connectivity index (χ2n) is 5.39. The highest BCUT2D eigenvalue weighted by molar-refractivity contribution is 9.10. The second-order valence-corrected chi connectivity index (χ2v) is 6.30. The molecule has 0 saturated carbocycles. The summed E-state index contributed by atoms with van der Waals surface area (Å²) in [6.07, 6.45) is 5.00. The number of nitrogens with one attached hydrogen (secondary N) is 1. The van der Waals surface area contributed by atoms with Gasteiger partial charge in [0, 0.05) is 35.5 Å². The number of rotatable bonds is 2. The van der Waals surface area contributed by atoms with Crippen molar-refractivity contribution in [2.45, 2.75) is 32.4 Å². The zero-order chi connectivity index (χ0) is 12.3. The highest BCUT2D eigenvalue weighted by Crippen LogP contribution is 2.15. The van der Waals surface area contributed by atoms with Crippen molar-refractivity contribution in [2.75, 3.05) is 19.6 Å². The molecular weight excluding hydrogens is 278 g/mol. The Morgan fingerprint density at radius 1 is 1.47 bits per heavy atom. The van der Waals surface area contributed by atoms with Gasteiger partial charge in [-0.05, 0) is 60.9 Å². The van der Waals surface area contributed by atoms with Crippen LogP contribution in [0.2, 0.25) is 0 Å². The van der Waals surface area contributed by atoms with Gasteiger partial charge in [0.05, 0.1) is 0 Å². The van der Waals surface area contributed by atoms with Crippen LogP contribution in [0.4, 0.5) is 0 Å². The molecule has 2 rings (SSSR count). The third-order valence-electron chi connectivity index (χ3n) is 3.04. The lowest BCUT2D eigenvalue weighted by Gasteiger charge is -2.30. The summed E-state index contributed by atoms with van der Waals surface area (Å²) in [5.41, 5.74) is 1.48. The molecular formula is C13H20BrN3. The minimum absolute atomic E-state index is 0.204. The van der Waals surface area contributed by atoms with Crippen LogP contribution in [0.5, 0.6) is 0 Å². The Kier molecular flexibility index (Phi) is 4.17. The zero-order valence-electron chi connectivity index (χ0n) is 10.5. The molecule has 0 atom stereocenters. The molecule has 0 spiro atoms. The van der Waals surface area contributed by atoms with Gasteiger partial charge in [-0.25, -0.2) is 0 Å². The molecule has 3 nitrogen and oxygen atoms in total. The van der Waals surface area contributed by atoms with Crippen molar-refractivity contribution in [3.63, 3.8) is 0 Å². The fraction of sp³-hybridized carbons (Fsp3) is 0.615. The number of hydrogen-bond acceptors (Lipinski definition) is 3. The Morgan fingerprint density at radius 3 is 3.06 bits per heavy atom. The second kappa shape index (κ2) is 5.46. The van der Waals surface area contributed by atoms with E-state index in [1.165, 1.54) is 12.0 Å². The van der Waals surface area contributed by atoms with Gasteiger partial charge in [0.2, 0.25) is 0 Å². The number of nitrogens with zero attached hydrogens (tertiary/aromatic N) is 2. The number of hydrogen-bond donors (Lipinski definition) is 1. The third-order valence-corrected chi connectivity index (χ3v) is 3.47. The van der Waals surface area contributed by atoms with Crippen LogP contribution in [0, 0.1) is 0 Å². The fourth-order valence-electron chi connectivity index (χ4n) is 2.36. The molecule has 0 aromatic carbocycles. The predicted molar refractivity (Wildman–Crippen MR) is 73.9 cm³/mol. The van der Waals surface area contributed by atoms with E-state index in [-0.39, 0.29) is 5.54 Å². The molecule has 0 unspecified atom stereocenters. The van der Waals surface area contributed by atoms with Gasteiger partial charge in [-0.15, -0.1) is 0 Å². The Morgan fingerprint density at radius 2 is 2.29 bits per heavy atom. The average molecular weight is 298 g/mol. The first-order valence-electron chi connectivity index (χ1n) is 6.12. The highest BCUT2D eigenvalue weighted by Gasteiger charge is 2.23. The first-order valence-corrected chi connectivity index (χ1v) is 6.91. The van der Waals surface area contributed by atoms with Gasteiger partial charge in [0.15, 0.2) is 0 Å². The first-order chi connectivity index (χ1) is 8.05. The van der Waals surface area contributed by atoms with E-state index in [1.807, 2.05) is 12.4 Å². The summed E-state index contributed by atoms with van der Waals surface area (Å²) in [6.45, 7) is 8.87. The third kappa shape index (κ3) is 4.05. The van der Waals surface area contributed by atoms with Crippen molar-refractivity contribution in [3.05, 3.63) is 28.5 Å². The topological polar surface area (TPSA) is 28.2 Å². The van der Waals surface area contributed by atoms with Gasteiger partial charge in [-0.2, -0.15) is 0 Å². The first kappa shape index (κ1) is 13.0. The summed E-state index contributed by atoms with van der Waals surface area (Å²) in [7, 11) is 0. The molecule has 1 aromatic rings. The molecule has 1 saturated heterocycles.